The van der Waals surface area contributed by atoms with Gasteiger partial charge >= 0.3 is 0 Å². The maximum Gasteiger partial charge on any atom is 0.216 e. The summed E-state index contributed by atoms with van der Waals surface area (Å²) < 4.78 is 35.5. The summed E-state index contributed by atoms with van der Waals surface area (Å²) in [6.07, 6.45) is 2.09. The highest BCUT2D eigenvalue weighted by molar-refractivity contribution is 7.88. The minimum atomic E-state index is -3.43. The first-order valence-electron chi connectivity index (χ1n) is 8.17. The third-order valence-electron chi connectivity index (χ3n) is 4.24. The van der Waals surface area contributed by atoms with Gasteiger partial charge in [-0.15, -0.1) is 0 Å². The zero-order chi connectivity index (χ0) is 17.2. The summed E-state index contributed by atoms with van der Waals surface area (Å²) >= 11 is 0. The standard InChI is InChI=1S/C17H23N3O3S/c1-3-20-16(8-10-18-20)17-15(9-11-23-17)19-24(21,22)12-14-6-4-13(2)5-7-14/h4-8,10,15,17,19H,3,9,11-12H2,1-2H3/t15-,17-/m0/s1. The van der Waals surface area contributed by atoms with Gasteiger partial charge in [0.05, 0.1) is 17.5 Å². The molecule has 7 heteroatoms. The smallest absolute Gasteiger partial charge is 0.216 e. The van der Waals surface area contributed by atoms with Gasteiger partial charge in [0.25, 0.3) is 0 Å². The number of nitrogens with one attached hydrogen (secondary N) is 1. The van der Waals surface area contributed by atoms with Gasteiger partial charge in [-0.05, 0) is 31.9 Å². The highest BCUT2D eigenvalue weighted by Crippen LogP contribution is 2.29. The van der Waals surface area contributed by atoms with Crippen molar-refractivity contribution in [2.75, 3.05) is 6.61 Å². The van der Waals surface area contributed by atoms with Gasteiger partial charge in [0, 0.05) is 19.3 Å². The second kappa shape index (κ2) is 7.04. The molecular formula is C17H23N3O3S. The summed E-state index contributed by atoms with van der Waals surface area (Å²) in [4.78, 5) is 0. The molecule has 1 aromatic heterocycles. The van der Waals surface area contributed by atoms with Gasteiger partial charge in [-0.2, -0.15) is 5.10 Å². The third kappa shape index (κ3) is 3.85. The lowest BCUT2D eigenvalue weighted by molar-refractivity contribution is 0.0951. The van der Waals surface area contributed by atoms with Gasteiger partial charge in [0.1, 0.15) is 6.10 Å². The van der Waals surface area contributed by atoms with Gasteiger partial charge in [0.15, 0.2) is 0 Å². The van der Waals surface area contributed by atoms with Crippen molar-refractivity contribution in [3.8, 4) is 0 Å². The maximum absolute atomic E-state index is 12.5. The first-order valence-corrected chi connectivity index (χ1v) is 9.82. The number of sulfonamides is 1. The molecule has 3 rings (SSSR count). The molecule has 2 atom stereocenters. The fraction of sp³-hybridized carbons (Fsp3) is 0.471. The Morgan fingerprint density at radius 1 is 1.29 bits per heavy atom. The number of nitrogens with zero attached hydrogens (tertiary/aromatic N) is 2. The number of aryl methyl sites for hydroxylation is 2. The fourth-order valence-corrected chi connectivity index (χ4v) is 4.44. The van der Waals surface area contributed by atoms with E-state index in [0.717, 1.165) is 23.4 Å². The van der Waals surface area contributed by atoms with E-state index in [1.807, 2.05) is 48.9 Å². The number of aromatic nitrogens is 2. The van der Waals surface area contributed by atoms with E-state index in [1.165, 1.54) is 0 Å². The molecule has 1 aliphatic heterocycles. The Morgan fingerprint density at radius 2 is 2.04 bits per heavy atom. The Balaban J connectivity index is 1.72. The normalized spacial score (nSPS) is 21.2. The van der Waals surface area contributed by atoms with Crippen LogP contribution < -0.4 is 4.72 Å². The molecule has 2 heterocycles. The minimum absolute atomic E-state index is 0.0243. The van der Waals surface area contributed by atoms with Gasteiger partial charge < -0.3 is 4.74 Å². The van der Waals surface area contributed by atoms with Crippen molar-refractivity contribution in [3.63, 3.8) is 0 Å². The largest absolute Gasteiger partial charge is 0.370 e. The number of benzene rings is 1. The average Bonchev–Trinajstić information content (AvgIpc) is 3.17. The SMILES string of the molecule is CCn1nccc1[C@H]1OCC[C@@H]1NS(=O)(=O)Cc1ccc(C)cc1. The fourth-order valence-electron chi connectivity index (χ4n) is 3.03. The zero-order valence-corrected chi connectivity index (χ0v) is 14.8. The Hall–Kier alpha value is -1.70. The molecule has 24 heavy (non-hydrogen) atoms. The van der Waals surface area contributed by atoms with Gasteiger partial charge in [-0.25, -0.2) is 13.1 Å². The molecule has 1 N–H and O–H groups in total. The third-order valence-corrected chi connectivity index (χ3v) is 5.62. The van der Waals surface area contributed by atoms with E-state index in [0.29, 0.717) is 13.0 Å². The van der Waals surface area contributed by atoms with Crippen molar-refractivity contribution in [2.24, 2.45) is 0 Å². The molecule has 0 bridgehead atoms. The van der Waals surface area contributed by atoms with Crippen LogP contribution in [0.4, 0.5) is 0 Å². The molecule has 1 saturated heterocycles. The van der Waals surface area contributed by atoms with Gasteiger partial charge in [-0.1, -0.05) is 29.8 Å². The number of ether oxygens (including phenoxy) is 1. The minimum Gasteiger partial charge on any atom is -0.370 e. The van der Waals surface area contributed by atoms with Crippen molar-refractivity contribution < 1.29 is 13.2 Å². The second-order valence-corrected chi connectivity index (χ2v) is 7.87. The van der Waals surface area contributed by atoms with Crippen molar-refractivity contribution in [2.45, 2.75) is 44.7 Å². The average molecular weight is 349 g/mol. The van der Waals surface area contributed by atoms with E-state index in [2.05, 4.69) is 9.82 Å². The quantitative estimate of drug-likeness (QED) is 0.867. The van der Waals surface area contributed by atoms with Crippen LogP contribution in [-0.2, 0) is 27.1 Å². The van der Waals surface area contributed by atoms with Crippen LogP contribution in [-0.4, -0.2) is 30.8 Å². The molecule has 1 fully saturated rings. The summed E-state index contributed by atoms with van der Waals surface area (Å²) in [6, 6.07) is 9.17. The predicted molar refractivity (Wildman–Crippen MR) is 91.9 cm³/mol. The Labute approximate surface area is 142 Å². The molecule has 6 nitrogen and oxygen atoms in total. The molecule has 1 aromatic carbocycles. The molecule has 0 aliphatic carbocycles. The van der Waals surface area contributed by atoms with Crippen molar-refractivity contribution >= 4 is 10.0 Å². The topological polar surface area (TPSA) is 73.2 Å². The Morgan fingerprint density at radius 3 is 2.75 bits per heavy atom. The van der Waals surface area contributed by atoms with Gasteiger partial charge in [-0.3, -0.25) is 4.68 Å². The van der Waals surface area contributed by atoms with Crippen LogP contribution in [0.15, 0.2) is 36.5 Å². The molecule has 2 aromatic rings. The number of hydrogen-bond acceptors (Lipinski definition) is 4. The second-order valence-electron chi connectivity index (χ2n) is 6.12. The van der Waals surface area contributed by atoms with E-state index < -0.39 is 10.0 Å². The molecule has 0 spiro atoms. The predicted octanol–water partition coefficient (Wildman–Crippen LogP) is 2.16. The zero-order valence-electron chi connectivity index (χ0n) is 14.0. The first kappa shape index (κ1) is 17.1. The van der Waals surface area contributed by atoms with Crippen LogP contribution in [0, 0.1) is 6.92 Å². The first-order chi connectivity index (χ1) is 11.5. The molecule has 1 aliphatic rings. The molecule has 130 valence electrons. The van der Waals surface area contributed by atoms with Gasteiger partial charge in [0.2, 0.25) is 10.0 Å². The summed E-state index contributed by atoms with van der Waals surface area (Å²) in [6.45, 7) is 5.25. The van der Waals surface area contributed by atoms with E-state index >= 15 is 0 Å². The lowest BCUT2D eigenvalue weighted by Gasteiger charge is -2.20. The van der Waals surface area contributed by atoms with Crippen LogP contribution in [0.2, 0.25) is 0 Å². The summed E-state index contributed by atoms with van der Waals surface area (Å²) in [5.74, 6) is -0.0243. The van der Waals surface area contributed by atoms with Crippen molar-refractivity contribution in [1.29, 1.82) is 0 Å². The molecule has 0 radical (unpaired) electrons. The summed E-state index contributed by atoms with van der Waals surface area (Å²) in [5, 5.41) is 4.25. The monoisotopic (exact) mass is 349 g/mol. The van der Waals surface area contributed by atoms with Crippen molar-refractivity contribution in [1.82, 2.24) is 14.5 Å². The summed E-state index contributed by atoms with van der Waals surface area (Å²) in [7, 11) is -3.43. The molecular weight excluding hydrogens is 326 g/mol. The van der Waals surface area contributed by atoms with Crippen LogP contribution in [0.5, 0.6) is 0 Å². The van der Waals surface area contributed by atoms with E-state index in [1.54, 1.807) is 6.20 Å². The Bertz CT molecular complexity index is 784. The van der Waals surface area contributed by atoms with Crippen LogP contribution in [0.1, 0.15) is 36.3 Å². The molecule has 0 unspecified atom stereocenters. The van der Waals surface area contributed by atoms with Crippen LogP contribution in [0.3, 0.4) is 0 Å². The highest BCUT2D eigenvalue weighted by atomic mass is 32.2. The van der Waals surface area contributed by atoms with Crippen LogP contribution in [0.25, 0.3) is 0 Å². The van der Waals surface area contributed by atoms with E-state index in [4.69, 9.17) is 4.74 Å². The number of rotatable bonds is 6. The molecule has 0 saturated carbocycles. The van der Waals surface area contributed by atoms with Crippen molar-refractivity contribution in [3.05, 3.63) is 53.3 Å². The van der Waals surface area contributed by atoms with Crippen LogP contribution >= 0.6 is 0 Å². The Kier molecular flexibility index (Phi) is 5.03. The lowest BCUT2D eigenvalue weighted by atomic mass is 10.1. The maximum atomic E-state index is 12.5. The highest BCUT2D eigenvalue weighted by Gasteiger charge is 2.34. The van der Waals surface area contributed by atoms with E-state index in [9.17, 15) is 8.42 Å². The van der Waals surface area contributed by atoms with E-state index in [-0.39, 0.29) is 17.9 Å². The molecule has 0 amide bonds. The number of hydrogen-bond donors (Lipinski definition) is 1. The summed E-state index contributed by atoms with van der Waals surface area (Å²) in [5.41, 5.74) is 2.81. The lowest BCUT2D eigenvalue weighted by Crippen LogP contribution is -2.38.